The summed E-state index contributed by atoms with van der Waals surface area (Å²) >= 11 is 1.09. The maximum absolute atomic E-state index is 12.4. The smallest absolute Gasteiger partial charge is 0.350 e. The first-order chi connectivity index (χ1) is 12.3. The van der Waals surface area contributed by atoms with Gasteiger partial charge in [0.1, 0.15) is 4.88 Å². The largest absolute Gasteiger partial charge is 0.462 e. The summed E-state index contributed by atoms with van der Waals surface area (Å²) in [6.07, 6.45) is 0. The molecule has 0 aliphatic rings. The molecule has 0 fully saturated rings. The zero-order chi connectivity index (χ0) is 19.3. The van der Waals surface area contributed by atoms with E-state index in [0.29, 0.717) is 10.6 Å². The number of carbonyl (C=O) groups is 3. The summed E-state index contributed by atoms with van der Waals surface area (Å²) in [6.45, 7) is 5.33. The molecule has 26 heavy (non-hydrogen) atoms. The normalized spacial score (nSPS) is 10.3. The number of hydrogen-bond donors (Lipinski definition) is 3. The molecule has 138 valence electrons. The van der Waals surface area contributed by atoms with Crippen LogP contribution in [0.5, 0.6) is 0 Å². The number of nitrogens with one attached hydrogen (secondary N) is 2. The molecule has 0 bridgehead atoms. The zero-order valence-electron chi connectivity index (χ0n) is 14.8. The molecule has 0 saturated carbocycles. The number of amides is 2. The number of thiophene rings is 1. The molecule has 0 unspecified atom stereocenters. The van der Waals surface area contributed by atoms with E-state index in [9.17, 15) is 14.4 Å². The molecule has 4 N–H and O–H groups in total. The second-order valence-electron chi connectivity index (χ2n) is 5.59. The molecule has 2 amide bonds. The van der Waals surface area contributed by atoms with Crippen LogP contribution in [-0.2, 0) is 9.53 Å². The van der Waals surface area contributed by atoms with E-state index in [1.807, 2.05) is 19.1 Å². The number of ether oxygens (including phenoxy) is 1. The molecule has 7 nitrogen and oxygen atoms in total. The molecule has 1 heterocycles. The van der Waals surface area contributed by atoms with Crippen molar-refractivity contribution in [2.75, 3.05) is 24.2 Å². The minimum Gasteiger partial charge on any atom is -0.462 e. The number of rotatable bonds is 6. The van der Waals surface area contributed by atoms with Crippen LogP contribution in [0.4, 0.5) is 11.4 Å². The van der Waals surface area contributed by atoms with Crippen molar-refractivity contribution in [1.29, 1.82) is 0 Å². The first-order valence-corrected chi connectivity index (χ1v) is 8.85. The van der Waals surface area contributed by atoms with E-state index in [2.05, 4.69) is 10.6 Å². The Kier molecular flexibility index (Phi) is 6.35. The summed E-state index contributed by atoms with van der Waals surface area (Å²) < 4.78 is 4.93. The standard InChI is InChI=1S/C18H21N3O4S/c1-4-25-18(24)16-15(19)14(11(3)26-16)17(23)20-9-13(22)21-12-7-5-10(2)6-8-12/h5-8H,4,9,19H2,1-3H3,(H,20,23)(H,21,22). The van der Waals surface area contributed by atoms with E-state index in [0.717, 1.165) is 16.9 Å². The van der Waals surface area contributed by atoms with Crippen LogP contribution in [-0.4, -0.2) is 30.9 Å². The first kappa shape index (κ1) is 19.5. The lowest BCUT2D eigenvalue weighted by Crippen LogP contribution is -2.33. The quantitative estimate of drug-likeness (QED) is 0.672. The predicted octanol–water partition coefficient (Wildman–Crippen LogP) is 2.49. The van der Waals surface area contributed by atoms with E-state index in [4.69, 9.17) is 10.5 Å². The van der Waals surface area contributed by atoms with E-state index in [1.54, 1.807) is 26.0 Å². The van der Waals surface area contributed by atoms with Crippen molar-refractivity contribution in [2.45, 2.75) is 20.8 Å². The molecule has 0 aliphatic carbocycles. The van der Waals surface area contributed by atoms with Crippen molar-refractivity contribution < 1.29 is 19.1 Å². The maximum Gasteiger partial charge on any atom is 0.350 e. The lowest BCUT2D eigenvalue weighted by atomic mass is 10.2. The molecule has 1 aromatic heterocycles. The molecule has 0 spiro atoms. The van der Waals surface area contributed by atoms with Crippen molar-refractivity contribution in [3.8, 4) is 0 Å². The number of benzene rings is 1. The average molecular weight is 375 g/mol. The van der Waals surface area contributed by atoms with E-state index < -0.39 is 11.9 Å². The Balaban J connectivity index is 2.00. The SMILES string of the molecule is CCOC(=O)c1sc(C)c(C(=O)NCC(=O)Nc2ccc(C)cc2)c1N. The Bertz CT molecular complexity index is 828. The van der Waals surface area contributed by atoms with E-state index in [1.165, 1.54) is 0 Å². The number of nitrogens with two attached hydrogens (primary N) is 1. The van der Waals surface area contributed by atoms with Crippen LogP contribution in [0.15, 0.2) is 24.3 Å². The molecule has 2 aromatic rings. The molecule has 0 radical (unpaired) electrons. The van der Waals surface area contributed by atoms with Gasteiger partial charge < -0.3 is 21.1 Å². The van der Waals surface area contributed by atoms with Gasteiger partial charge in [-0.25, -0.2) is 4.79 Å². The third kappa shape index (κ3) is 4.60. The number of esters is 1. The van der Waals surface area contributed by atoms with Gasteiger partial charge in [-0.1, -0.05) is 17.7 Å². The lowest BCUT2D eigenvalue weighted by Gasteiger charge is -2.08. The third-order valence-electron chi connectivity index (χ3n) is 3.55. The summed E-state index contributed by atoms with van der Waals surface area (Å²) in [5, 5.41) is 5.21. The molecular formula is C18H21N3O4S. The number of carbonyl (C=O) groups excluding carboxylic acids is 3. The van der Waals surface area contributed by atoms with Gasteiger partial charge in [-0.3, -0.25) is 9.59 Å². The monoisotopic (exact) mass is 375 g/mol. The predicted molar refractivity (Wildman–Crippen MR) is 102 cm³/mol. The third-order valence-corrected chi connectivity index (χ3v) is 4.65. The van der Waals surface area contributed by atoms with Crippen molar-refractivity contribution in [2.24, 2.45) is 0 Å². The lowest BCUT2D eigenvalue weighted by molar-refractivity contribution is -0.115. The van der Waals surface area contributed by atoms with Crippen LogP contribution in [0, 0.1) is 13.8 Å². The highest BCUT2D eigenvalue weighted by atomic mass is 32.1. The molecular weight excluding hydrogens is 354 g/mol. The Morgan fingerprint density at radius 1 is 1.15 bits per heavy atom. The van der Waals surface area contributed by atoms with Crippen LogP contribution < -0.4 is 16.4 Å². The summed E-state index contributed by atoms with van der Waals surface area (Å²) in [5.41, 5.74) is 7.92. The Morgan fingerprint density at radius 3 is 2.42 bits per heavy atom. The van der Waals surface area contributed by atoms with Crippen molar-refractivity contribution in [3.63, 3.8) is 0 Å². The molecule has 1 aromatic carbocycles. The topological polar surface area (TPSA) is 111 Å². The summed E-state index contributed by atoms with van der Waals surface area (Å²) in [7, 11) is 0. The summed E-state index contributed by atoms with van der Waals surface area (Å²) in [5.74, 6) is -1.43. The van der Waals surface area contributed by atoms with Crippen LogP contribution in [0.1, 0.15) is 37.4 Å². The fourth-order valence-corrected chi connectivity index (χ4v) is 3.25. The van der Waals surface area contributed by atoms with Crippen molar-refractivity contribution in [1.82, 2.24) is 5.32 Å². The number of nitrogen functional groups attached to an aromatic ring is 1. The van der Waals surface area contributed by atoms with Gasteiger partial charge in [0, 0.05) is 10.6 Å². The zero-order valence-corrected chi connectivity index (χ0v) is 15.7. The van der Waals surface area contributed by atoms with Crippen LogP contribution >= 0.6 is 11.3 Å². The number of anilines is 2. The van der Waals surface area contributed by atoms with Crippen LogP contribution in [0.3, 0.4) is 0 Å². The van der Waals surface area contributed by atoms with Crippen LogP contribution in [0.2, 0.25) is 0 Å². The number of hydrogen-bond acceptors (Lipinski definition) is 6. The van der Waals surface area contributed by atoms with Gasteiger partial charge in [0.25, 0.3) is 5.91 Å². The average Bonchev–Trinajstić information content (AvgIpc) is 2.90. The van der Waals surface area contributed by atoms with Gasteiger partial charge in [0.2, 0.25) is 5.91 Å². The summed E-state index contributed by atoms with van der Waals surface area (Å²) in [6, 6.07) is 7.31. The maximum atomic E-state index is 12.4. The van der Waals surface area contributed by atoms with Crippen LogP contribution in [0.25, 0.3) is 0 Å². The molecule has 0 saturated heterocycles. The van der Waals surface area contributed by atoms with Gasteiger partial charge in [-0.05, 0) is 32.9 Å². The fourth-order valence-electron chi connectivity index (χ4n) is 2.28. The molecule has 0 aliphatic heterocycles. The van der Waals surface area contributed by atoms with Crippen molar-refractivity contribution >= 4 is 40.5 Å². The Labute approximate surface area is 155 Å². The second-order valence-corrected chi connectivity index (χ2v) is 6.82. The highest BCUT2D eigenvalue weighted by Gasteiger charge is 2.24. The van der Waals surface area contributed by atoms with E-state index >= 15 is 0 Å². The Morgan fingerprint density at radius 2 is 1.81 bits per heavy atom. The second kappa shape index (κ2) is 8.48. The van der Waals surface area contributed by atoms with Gasteiger partial charge in [0.15, 0.2) is 0 Å². The van der Waals surface area contributed by atoms with Gasteiger partial charge in [0.05, 0.1) is 24.4 Å². The van der Waals surface area contributed by atoms with Gasteiger partial charge >= 0.3 is 5.97 Å². The highest BCUT2D eigenvalue weighted by Crippen LogP contribution is 2.31. The molecule has 0 atom stereocenters. The van der Waals surface area contributed by atoms with Crippen molar-refractivity contribution in [3.05, 3.63) is 45.1 Å². The molecule has 2 rings (SSSR count). The number of aryl methyl sites for hydroxylation is 2. The van der Waals surface area contributed by atoms with Gasteiger partial charge in [-0.15, -0.1) is 11.3 Å². The fraction of sp³-hybridized carbons (Fsp3) is 0.278. The Hall–Kier alpha value is -2.87. The minimum atomic E-state index is -0.561. The van der Waals surface area contributed by atoms with E-state index in [-0.39, 0.29) is 35.2 Å². The summed E-state index contributed by atoms with van der Waals surface area (Å²) in [4.78, 5) is 37.0. The molecule has 8 heteroatoms. The highest BCUT2D eigenvalue weighted by molar-refractivity contribution is 7.15. The minimum absolute atomic E-state index is 0.0717. The van der Waals surface area contributed by atoms with Gasteiger partial charge in [-0.2, -0.15) is 0 Å². The first-order valence-electron chi connectivity index (χ1n) is 8.04.